The molecule has 0 saturated carbocycles. The zero-order valence-corrected chi connectivity index (χ0v) is 14.2. The molecule has 0 aliphatic carbocycles. The molecule has 1 rings (SSSR count). The molecule has 0 heterocycles. The fourth-order valence-corrected chi connectivity index (χ4v) is 3.61. The number of nitrogens with one attached hydrogen (secondary N) is 2. The van der Waals surface area contributed by atoms with Crippen LogP contribution >= 0.6 is 11.8 Å². The molecule has 0 radical (unpaired) electrons. The predicted octanol–water partition coefficient (Wildman–Crippen LogP) is 2.13. The number of rotatable bonds is 8. The first-order valence-corrected chi connectivity index (χ1v) is 9.45. The van der Waals surface area contributed by atoms with Crippen LogP contribution in [0.1, 0.15) is 24.5 Å². The SMILES string of the molecule is CNCc1cccc(S(=O)(=O)NCCC(C)SC)c1C. The quantitative estimate of drug-likeness (QED) is 0.771. The van der Waals surface area contributed by atoms with Gasteiger partial charge in [0, 0.05) is 18.3 Å². The fraction of sp³-hybridized carbons (Fsp3) is 0.571. The van der Waals surface area contributed by atoms with Gasteiger partial charge in [-0.25, -0.2) is 13.1 Å². The molecule has 4 nitrogen and oxygen atoms in total. The minimum absolute atomic E-state index is 0.377. The van der Waals surface area contributed by atoms with Gasteiger partial charge < -0.3 is 5.32 Å². The van der Waals surface area contributed by atoms with E-state index in [2.05, 4.69) is 17.0 Å². The summed E-state index contributed by atoms with van der Waals surface area (Å²) < 4.78 is 27.4. The first kappa shape index (κ1) is 17.5. The van der Waals surface area contributed by atoms with E-state index < -0.39 is 10.0 Å². The monoisotopic (exact) mass is 316 g/mol. The number of hydrogen-bond acceptors (Lipinski definition) is 4. The van der Waals surface area contributed by atoms with E-state index in [4.69, 9.17) is 0 Å². The van der Waals surface area contributed by atoms with Crippen LogP contribution in [0.25, 0.3) is 0 Å². The van der Waals surface area contributed by atoms with Crippen molar-refractivity contribution in [2.24, 2.45) is 0 Å². The van der Waals surface area contributed by atoms with Crippen molar-refractivity contribution >= 4 is 21.8 Å². The Morgan fingerprint density at radius 3 is 2.65 bits per heavy atom. The first-order valence-electron chi connectivity index (χ1n) is 6.68. The highest BCUT2D eigenvalue weighted by atomic mass is 32.2. The van der Waals surface area contributed by atoms with Gasteiger partial charge in [0.25, 0.3) is 0 Å². The average molecular weight is 316 g/mol. The van der Waals surface area contributed by atoms with E-state index >= 15 is 0 Å². The van der Waals surface area contributed by atoms with E-state index in [1.807, 2.05) is 26.3 Å². The Morgan fingerprint density at radius 2 is 2.05 bits per heavy atom. The minimum atomic E-state index is -3.42. The van der Waals surface area contributed by atoms with Crippen molar-refractivity contribution in [3.8, 4) is 0 Å². The maximum atomic E-state index is 12.3. The molecular weight excluding hydrogens is 292 g/mol. The summed E-state index contributed by atoms with van der Waals surface area (Å²) in [5, 5.41) is 3.50. The molecule has 0 bridgehead atoms. The van der Waals surface area contributed by atoms with E-state index in [1.165, 1.54) is 0 Å². The zero-order valence-electron chi connectivity index (χ0n) is 12.6. The second kappa shape index (κ2) is 8.02. The lowest BCUT2D eigenvalue weighted by molar-refractivity contribution is 0.578. The number of hydrogen-bond donors (Lipinski definition) is 2. The highest BCUT2D eigenvalue weighted by Crippen LogP contribution is 2.19. The smallest absolute Gasteiger partial charge is 0.240 e. The van der Waals surface area contributed by atoms with Gasteiger partial charge in [-0.3, -0.25) is 0 Å². The van der Waals surface area contributed by atoms with Crippen molar-refractivity contribution in [1.29, 1.82) is 0 Å². The summed E-state index contributed by atoms with van der Waals surface area (Å²) >= 11 is 1.74. The van der Waals surface area contributed by atoms with Gasteiger partial charge in [-0.15, -0.1) is 0 Å². The molecule has 0 aliphatic rings. The van der Waals surface area contributed by atoms with Gasteiger partial charge in [0.2, 0.25) is 10.0 Å². The highest BCUT2D eigenvalue weighted by Gasteiger charge is 2.17. The van der Waals surface area contributed by atoms with Crippen molar-refractivity contribution in [3.63, 3.8) is 0 Å². The summed E-state index contributed by atoms with van der Waals surface area (Å²) in [4.78, 5) is 0.377. The molecule has 1 aromatic carbocycles. The number of thioether (sulfide) groups is 1. The van der Waals surface area contributed by atoms with Crippen LogP contribution in [-0.2, 0) is 16.6 Å². The molecule has 0 aliphatic heterocycles. The third-order valence-corrected chi connectivity index (χ3v) is 5.94. The minimum Gasteiger partial charge on any atom is -0.316 e. The summed E-state index contributed by atoms with van der Waals surface area (Å²) in [5.74, 6) is 0. The fourth-order valence-electron chi connectivity index (χ4n) is 1.93. The Labute approximate surface area is 126 Å². The maximum Gasteiger partial charge on any atom is 0.240 e. The molecule has 0 saturated heterocycles. The summed E-state index contributed by atoms with van der Waals surface area (Å²) in [6.07, 6.45) is 2.86. The topological polar surface area (TPSA) is 58.2 Å². The third-order valence-electron chi connectivity index (χ3n) is 3.30. The van der Waals surface area contributed by atoms with Crippen molar-refractivity contribution in [2.75, 3.05) is 19.8 Å². The van der Waals surface area contributed by atoms with Gasteiger partial charge in [-0.2, -0.15) is 11.8 Å². The zero-order chi connectivity index (χ0) is 15.2. The Balaban J connectivity index is 2.84. The first-order chi connectivity index (χ1) is 9.42. The molecular formula is C14H24N2O2S2. The molecule has 1 unspecified atom stereocenters. The highest BCUT2D eigenvalue weighted by molar-refractivity contribution is 7.99. The van der Waals surface area contributed by atoms with Crippen LogP contribution in [0, 0.1) is 6.92 Å². The van der Waals surface area contributed by atoms with Crippen molar-refractivity contribution in [1.82, 2.24) is 10.0 Å². The van der Waals surface area contributed by atoms with E-state index in [-0.39, 0.29) is 0 Å². The summed E-state index contributed by atoms with van der Waals surface area (Å²) in [5.41, 5.74) is 1.82. The molecule has 0 fully saturated rings. The Kier molecular flexibility index (Phi) is 7.02. The third kappa shape index (κ3) is 4.77. The molecule has 20 heavy (non-hydrogen) atoms. The van der Waals surface area contributed by atoms with E-state index in [1.54, 1.807) is 23.9 Å². The normalized spacial score (nSPS) is 13.4. The Bertz CT molecular complexity index is 530. The second-order valence-corrected chi connectivity index (χ2v) is 7.81. The van der Waals surface area contributed by atoms with Crippen molar-refractivity contribution in [3.05, 3.63) is 29.3 Å². The van der Waals surface area contributed by atoms with Crippen molar-refractivity contribution in [2.45, 2.75) is 37.0 Å². The molecule has 2 N–H and O–H groups in total. The van der Waals surface area contributed by atoms with Crippen LogP contribution < -0.4 is 10.0 Å². The van der Waals surface area contributed by atoms with E-state index in [0.717, 1.165) is 17.5 Å². The van der Waals surface area contributed by atoms with Crippen LogP contribution in [0.5, 0.6) is 0 Å². The standard InChI is InChI=1S/C14H24N2O2S2/c1-11(19-4)8-9-16-20(17,18)14-7-5-6-13(10-15-3)12(14)2/h5-7,11,15-16H,8-10H2,1-4H3. The van der Waals surface area contributed by atoms with Gasteiger partial charge in [-0.05, 0) is 43.8 Å². The van der Waals surface area contributed by atoms with Crippen LogP contribution in [0.4, 0.5) is 0 Å². The van der Waals surface area contributed by atoms with E-state index in [9.17, 15) is 8.42 Å². The summed E-state index contributed by atoms with van der Waals surface area (Å²) in [7, 11) is -1.57. The largest absolute Gasteiger partial charge is 0.316 e. The van der Waals surface area contributed by atoms with Gasteiger partial charge in [-0.1, -0.05) is 19.1 Å². The van der Waals surface area contributed by atoms with E-state index in [0.29, 0.717) is 23.2 Å². The van der Waals surface area contributed by atoms with Crippen molar-refractivity contribution < 1.29 is 8.42 Å². The number of benzene rings is 1. The van der Waals surface area contributed by atoms with Gasteiger partial charge in [0.05, 0.1) is 4.90 Å². The lowest BCUT2D eigenvalue weighted by Gasteiger charge is -2.13. The number of sulfonamides is 1. The Hall–Kier alpha value is -0.560. The van der Waals surface area contributed by atoms with Crippen LogP contribution in [0.3, 0.4) is 0 Å². The average Bonchev–Trinajstić information content (AvgIpc) is 2.40. The summed E-state index contributed by atoms with van der Waals surface area (Å²) in [6, 6.07) is 5.40. The van der Waals surface area contributed by atoms with Gasteiger partial charge in [0.1, 0.15) is 0 Å². The molecule has 0 spiro atoms. The van der Waals surface area contributed by atoms with Gasteiger partial charge >= 0.3 is 0 Å². The molecule has 1 aromatic rings. The lowest BCUT2D eigenvalue weighted by atomic mass is 10.1. The molecule has 1 atom stereocenters. The second-order valence-electron chi connectivity index (χ2n) is 4.80. The van der Waals surface area contributed by atoms with Crippen LogP contribution in [0.15, 0.2) is 23.1 Å². The summed E-state index contributed by atoms with van der Waals surface area (Å²) in [6.45, 7) is 5.09. The van der Waals surface area contributed by atoms with Crippen LogP contribution in [-0.4, -0.2) is 33.5 Å². The lowest BCUT2D eigenvalue weighted by Crippen LogP contribution is -2.27. The molecule has 0 amide bonds. The van der Waals surface area contributed by atoms with Crippen LogP contribution in [0.2, 0.25) is 0 Å². The predicted molar refractivity (Wildman–Crippen MR) is 86.7 cm³/mol. The molecule has 6 heteroatoms. The molecule has 0 aromatic heterocycles. The maximum absolute atomic E-state index is 12.3. The van der Waals surface area contributed by atoms with Gasteiger partial charge in [0.15, 0.2) is 0 Å². The molecule has 114 valence electrons. The Morgan fingerprint density at radius 1 is 1.35 bits per heavy atom.